The predicted molar refractivity (Wildman–Crippen MR) is 141 cm³/mol. The Hall–Kier alpha value is -1.60. The fraction of sp³-hybridized carbons (Fsp3) is 0.741. The fourth-order valence-corrected chi connectivity index (χ4v) is 5.13. The third-order valence-corrected chi connectivity index (χ3v) is 7.23. The van der Waals surface area contributed by atoms with Crippen molar-refractivity contribution in [1.82, 2.24) is 0 Å². The molecule has 0 atom stereocenters. The molecule has 0 aliphatic heterocycles. The first kappa shape index (κ1) is 30.4. The van der Waals surface area contributed by atoms with E-state index in [9.17, 15) is 18.3 Å². The van der Waals surface area contributed by atoms with E-state index in [4.69, 9.17) is 4.18 Å². The van der Waals surface area contributed by atoms with E-state index in [1.807, 2.05) is 47.6 Å². The zero-order chi connectivity index (χ0) is 26.0. The van der Waals surface area contributed by atoms with Crippen molar-refractivity contribution in [2.45, 2.75) is 124 Å². The maximum atomic E-state index is 13.1. The summed E-state index contributed by atoms with van der Waals surface area (Å²) >= 11 is 0. The van der Waals surface area contributed by atoms with Crippen molar-refractivity contribution < 1.29 is 22.5 Å². The number of unbranched alkanes of at least 4 members (excludes halogenated alkanes) is 9. The maximum absolute atomic E-state index is 13.1. The van der Waals surface area contributed by atoms with Crippen LogP contribution in [0, 0.1) is 0 Å². The lowest BCUT2D eigenvalue weighted by atomic mass is 9.79. The van der Waals surface area contributed by atoms with Gasteiger partial charge in [0.05, 0.1) is 12.3 Å². The van der Waals surface area contributed by atoms with Crippen LogP contribution >= 0.6 is 0 Å². The van der Waals surface area contributed by atoms with Gasteiger partial charge in [-0.1, -0.05) is 124 Å². The van der Waals surface area contributed by atoms with Crippen molar-refractivity contribution in [1.29, 1.82) is 0 Å². The zero-order valence-electron chi connectivity index (χ0n) is 22.4. The second kappa shape index (κ2) is 13.5. The van der Waals surface area contributed by atoms with Gasteiger partial charge in [-0.2, -0.15) is 8.42 Å². The highest BCUT2D eigenvalue weighted by molar-refractivity contribution is 7.89. The molecule has 34 heavy (non-hydrogen) atoms. The maximum Gasteiger partial charge on any atom is 0.427 e. The van der Waals surface area contributed by atoms with E-state index < -0.39 is 27.2 Å². The van der Waals surface area contributed by atoms with E-state index in [0.29, 0.717) is 21.9 Å². The Bertz CT molecular complexity index is 834. The number of carbonyl (C=O) groups is 1. The number of amides is 1. The molecule has 1 N–H and O–H groups in total. The van der Waals surface area contributed by atoms with Gasteiger partial charge in [-0.3, -0.25) is 4.18 Å². The molecule has 196 valence electrons. The summed E-state index contributed by atoms with van der Waals surface area (Å²) in [5, 5.41) is 9.99. The van der Waals surface area contributed by atoms with Gasteiger partial charge in [0.2, 0.25) is 0 Å². The molecule has 0 spiro atoms. The molecule has 0 aromatic heterocycles. The van der Waals surface area contributed by atoms with E-state index in [0.717, 1.165) is 19.3 Å². The highest BCUT2D eigenvalue weighted by Crippen LogP contribution is 2.41. The second-order valence-electron chi connectivity index (χ2n) is 11.2. The van der Waals surface area contributed by atoms with E-state index in [2.05, 4.69) is 6.92 Å². The van der Waals surface area contributed by atoms with E-state index in [1.165, 1.54) is 38.5 Å². The van der Waals surface area contributed by atoms with Gasteiger partial charge >= 0.3 is 16.4 Å². The minimum atomic E-state index is -4.52. The first-order chi connectivity index (χ1) is 15.7. The first-order valence-corrected chi connectivity index (χ1v) is 14.2. The Balaban J connectivity index is 2.89. The Morgan fingerprint density at radius 2 is 1.24 bits per heavy atom. The Morgan fingerprint density at radius 3 is 1.62 bits per heavy atom. The summed E-state index contributed by atoms with van der Waals surface area (Å²) in [5.74, 6) is 0. The minimum absolute atomic E-state index is 0.0227. The number of anilines is 1. The van der Waals surface area contributed by atoms with Crippen LogP contribution in [-0.2, 0) is 25.3 Å². The summed E-state index contributed by atoms with van der Waals surface area (Å²) in [6, 6.07) is 5.43. The van der Waals surface area contributed by atoms with Crippen molar-refractivity contribution in [2.24, 2.45) is 0 Å². The Morgan fingerprint density at radius 1 is 0.824 bits per heavy atom. The Kier molecular flexibility index (Phi) is 12.1. The molecule has 0 fully saturated rings. The van der Waals surface area contributed by atoms with Gasteiger partial charge in [0.1, 0.15) is 0 Å². The molecule has 0 saturated carbocycles. The number of nitrogens with zero attached hydrogens (tertiary/aromatic N) is 1. The lowest BCUT2D eigenvalue weighted by Gasteiger charge is -2.33. The number of benzene rings is 1. The highest BCUT2D eigenvalue weighted by atomic mass is 32.2. The quantitative estimate of drug-likeness (QED) is 0.264. The summed E-state index contributed by atoms with van der Waals surface area (Å²) < 4.78 is 31.9. The molecular weight excluding hydrogens is 450 g/mol. The topological polar surface area (TPSA) is 83.9 Å². The van der Waals surface area contributed by atoms with Crippen LogP contribution in [0.2, 0.25) is 0 Å². The molecule has 0 radical (unpaired) electrons. The van der Waals surface area contributed by atoms with Gasteiger partial charge in [-0.25, -0.2) is 4.79 Å². The number of hydrogen-bond acceptors (Lipinski definition) is 4. The van der Waals surface area contributed by atoms with Crippen molar-refractivity contribution in [3.05, 3.63) is 29.3 Å². The van der Waals surface area contributed by atoms with E-state index in [-0.39, 0.29) is 12.3 Å². The number of hydrogen-bond donors (Lipinski definition) is 1. The number of rotatable bonds is 14. The number of carboxylic acid groups (broad SMARTS) is 1. The van der Waals surface area contributed by atoms with Crippen molar-refractivity contribution in [3.8, 4) is 0 Å². The van der Waals surface area contributed by atoms with Gasteiger partial charge in [0.15, 0.2) is 0 Å². The minimum Gasteiger partial charge on any atom is -0.464 e. The van der Waals surface area contributed by atoms with E-state index >= 15 is 0 Å². The molecule has 0 heterocycles. The molecule has 1 amide bonds. The second-order valence-corrected chi connectivity index (χ2v) is 12.7. The SMILES string of the molecule is CCCCCCCCCCCCOS(=O)(=O)N(C(=O)O)c1c(C(C)(C)C)cccc1C(C)(C)C. The van der Waals surface area contributed by atoms with Gasteiger partial charge < -0.3 is 5.11 Å². The largest absolute Gasteiger partial charge is 0.464 e. The van der Waals surface area contributed by atoms with Crippen molar-refractivity contribution in [3.63, 3.8) is 0 Å². The molecule has 7 heteroatoms. The zero-order valence-corrected chi connectivity index (χ0v) is 23.3. The van der Waals surface area contributed by atoms with Crippen LogP contribution < -0.4 is 4.31 Å². The molecular formula is C27H47NO5S. The monoisotopic (exact) mass is 497 g/mol. The molecule has 0 aliphatic rings. The van der Waals surface area contributed by atoms with E-state index in [1.54, 1.807) is 12.1 Å². The summed E-state index contributed by atoms with van der Waals surface area (Å²) in [7, 11) is -4.52. The standard InChI is InChI=1S/C27H47NO5S/c1-8-9-10-11-12-13-14-15-16-17-21-33-34(31,32)28(25(29)30)24-22(26(2,3)4)19-18-20-23(24)27(5,6)7/h18-20H,8-17,21H2,1-7H3,(H,29,30). The molecule has 1 rings (SSSR count). The van der Waals surface area contributed by atoms with Crippen LogP contribution in [0.4, 0.5) is 10.5 Å². The average molecular weight is 498 g/mol. The summed E-state index contributed by atoms with van der Waals surface area (Å²) in [6.07, 6.45) is 9.64. The fourth-order valence-electron chi connectivity index (χ4n) is 4.08. The van der Waals surface area contributed by atoms with Gasteiger partial charge in [-0.15, -0.1) is 4.31 Å². The predicted octanol–water partition coefficient (Wildman–Crippen LogP) is 7.95. The van der Waals surface area contributed by atoms with Crippen molar-refractivity contribution in [2.75, 3.05) is 10.9 Å². The highest BCUT2D eigenvalue weighted by Gasteiger charge is 2.38. The summed E-state index contributed by atoms with van der Waals surface area (Å²) in [4.78, 5) is 12.3. The average Bonchev–Trinajstić information content (AvgIpc) is 2.70. The molecule has 0 aliphatic carbocycles. The molecule has 0 unspecified atom stereocenters. The lowest BCUT2D eigenvalue weighted by molar-refractivity contribution is 0.204. The van der Waals surface area contributed by atoms with Crippen LogP contribution in [0.3, 0.4) is 0 Å². The van der Waals surface area contributed by atoms with Crippen LogP contribution in [0.15, 0.2) is 18.2 Å². The third kappa shape index (κ3) is 9.57. The molecule has 0 bridgehead atoms. The van der Waals surface area contributed by atoms with Crippen LogP contribution in [0.1, 0.15) is 124 Å². The summed E-state index contributed by atoms with van der Waals surface area (Å²) in [6.45, 7) is 13.8. The van der Waals surface area contributed by atoms with Gasteiger partial charge in [0, 0.05) is 0 Å². The van der Waals surface area contributed by atoms with Gasteiger partial charge in [-0.05, 0) is 28.4 Å². The van der Waals surface area contributed by atoms with Crippen LogP contribution in [0.25, 0.3) is 0 Å². The van der Waals surface area contributed by atoms with Crippen LogP contribution in [-0.4, -0.2) is 26.2 Å². The molecule has 1 aromatic rings. The van der Waals surface area contributed by atoms with Crippen molar-refractivity contribution >= 4 is 22.1 Å². The smallest absolute Gasteiger partial charge is 0.427 e. The molecule has 1 aromatic carbocycles. The Labute approximate surface area is 208 Å². The van der Waals surface area contributed by atoms with Crippen LogP contribution in [0.5, 0.6) is 0 Å². The summed E-state index contributed by atoms with van der Waals surface area (Å²) in [5.41, 5.74) is 0.548. The molecule has 6 nitrogen and oxygen atoms in total. The van der Waals surface area contributed by atoms with Gasteiger partial charge in [0.25, 0.3) is 0 Å². The number of para-hydroxylation sites is 1. The third-order valence-electron chi connectivity index (χ3n) is 5.98. The lowest BCUT2D eigenvalue weighted by Crippen LogP contribution is -2.40. The normalized spacial score (nSPS) is 12.7. The first-order valence-electron chi connectivity index (χ1n) is 12.8. The molecule has 0 saturated heterocycles.